The Labute approximate surface area is 366 Å². The molecule has 3 unspecified atom stereocenters. The first-order valence-electron chi connectivity index (χ1n) is 22.9. The second-order valence-electron chi connectivity index (χ2n) is 15.4. The van der Waals surface area contributed by atoms with E-state index >= 15 is 0 Å². The number of aryl methyl sites for hydroxylation is 1. The number of Topliss-reactive ketones (excluding diaryl/α,β-unsaturated/α-hetero) is 1. The van der Waals surface area contributed by atoms with Crippen LogP contribution in [0.15, 0.2) is 63.3 Å². The molecule has 0 bridgehead atoms. The monoisotopic (exact) mass is 840 g/mol. The first-order chi connectivity index (χ1) is 28.7. The quantitative estimate of drug-likeness (QED) is 0.0191. The van der Waals surface area contributed by atoms with E-state index in [-0.39, 0.29) is 24.3 Å². The van der Waals surface area contributed by atoms with E-state index in [0.29, 0.717) is 30.2 Å². The topological polar surface area (TPSA) is 135 Å². The molecule has 1 fully saturated rings. The van der Waals surface area contributed by atoms with Crippen LogP contribution in [0.1, 0.15) is 196 Å². The molecule has 9 heteroatoms. The van der Waals surface area contributed by atoms with Gasteiger partial charge in [0, 0.05) is 26.0 Å². The third-order valence-electron chi connectivity index (χ3n) is 9.59. The second-order valence-corrected chi connectivity index (χ2v) is 15.4. The summed E-state index contributed by atoms with van der Waals surface area (Å²) in [5.74, 6) is 3.78. The maximum absolute atomic E-state index is 13.4. The number of ketones is 1. The molecule has 1 aliphatic heterocycles. The SMILES string of the molecule is C#CC1(CO)CCC(C)O1.CC.CC(O)=C=O.CCC/C=C(F)/N=C(/N)C(N=CC(C)CC)=C(C)C.CCCCCCCCCCCCCC(=O)Cc1ccc(CC)cc1. The van der Waals surface area contributed by atoms with Crippen LogP contribution in [-0.2, 0) is 27.2 Å². The van der Waals surface area contributed by atoms with Crippen LogP contribution in [-0.4, -0.2) is 52.3 Å². The molecule has 8 nitrogen and oxygen atoms in total. The van der Waals surface area contributed by atoms with Crippen molar-refractivity contribution in [2.24, 2.45) is 21.6 Å². The molecule has 0 saturated carbocycles. The molecule has 0 amide bonds. The number of aliphatic hydroxyl groups is 2. The van der Waals surface area contributed by atoms with Gasteiger partial charge in [-0.15, -0.1) is 6.42 Å². The molecular weight excluding hydrogens is 754 g/mol. The van der Waals surface area contributed by atoms with Crippen molar-refractivity contribution in [3.05, 3.63) is 64.4 Å². The minimum atomic E-state index is -0.667. The van der Waals surface area contributed by atoms with Gasteiger partial charge in [0.05, 0.1) is 12.7 Å². The van der Waals surface area contributed by atoms with Crippen molar-refractivity contribution in [2.45, 2.75) is 210 Å². The largest absolute Gasteiger partial charge is 0.502 e. The van der Waals surface area contributed by atoms with Crippen LogP contribution in [0.3, 0.4) is 0 Å². The number of allylic oxidation sites excluding steroid dienone is 3. The number of nitrogens with zero attached hydrogens (tertiary/aromatic N) is 2. The lowest BCUT2D eigenvalue weighted by Crippen LogP contribution is -2.31. The number of hydrogen-bond acceptors (Lipinski definition) is 7. The smallest absolute Gasteiger partial charge is 0.210 e. The number of carbonyl (C=O) groups is 1. The summed E-state index contributed by atoms with van der Waals surface area (Å²) in [6, 6.07) is 8.50. The third-order valence-corrected chi connectivity index (χ3v) is 9.59. The van der Waals surface area contributed by atoms with Crippen molar-refractivity contribution in [2.75, 3.05) is 6.61 Å². The molecule has 2 rings (SSSR count). The van der Waals surface area contributed by atoms with E-state index in [4.69, 9.17) is 31.9 Å². The van der Waals surface area contributed by atoms with Gasteiger partial charge in [0.15, 0.2) is 23.1 Å². The number of aliphatic imine (C=N–C) groups is 2. The lowest BCUT2D eigenvalue weighted by Gasteiger charge is -2.19. The summed E-state index contributed by atoms with van der Waals surface area (Å²) in [5.41, 5.74) is 9.14. The third kappa shape index (κ3) is 33.9. The van der Waals surface area contributed by atoms with E-state index in [1.807, 2.05) is 47.8 Å². The fourth-order valence-corrected chi connectivity index (χ4v) is 5.64. The molecule has 0 aromatic heterocycles. The van der Waals surface area contributed by atoms with Gasteiger partial charge in [-0.2, -0.15) is 4.39 Å². The predicted octanol–water partition coefficient (Wildman–Crippen LogP) is 13.3. The highest BCUT2D eigenvalue weighted by atomic mass is 19.1. The summed E-state index contributed by atoms with van der Waals surface area (Å²) in [6.07, 6.45) is 30.1. The molecule has 1 saturated heterocycles. The van der Waals surface area contributed by atoms with Gasteiger partial charge in [0.1, 0.15) is 11.5 Å². The van der Waals surface area contributed by atoms with E-state index < -0.39 is 11.6 Å². The standard InChI is InChI=1S/C23H38O.C15H26FN3.C8H12O2.C3H4O2.C2H6/c1-3-5-6-7-8-9-10-11-12-13-14-15-23(24)20-22-18-16-21(4-2)17-19-22;1-6-8-9-13(16)19-15(17)14(11(3)4)18-10-12(5)7-2;1-3-8(6-9)5-4-7(2)10-8;1-3(5)2-4;1-2/h16-19H,3-15,20H2,1-2H3;9-10,12H,6-8H2,1-5H3,(H2,17,19);1,7,9H,4-6H2,2H3;5H,1H3;1-2H3/b;13-9+,18-10?;;;. The fourth-order valence-electron chi connectivity index (χ4n) is 5.64. The number of halogens is 1. The molecule has 0 radical (unpaired) electrons. The van der Waals surface area contributed by atoms with Crippen molar-refractivity contribution in [3.63, 3.8) is 0 Å². The molecule has 0 spiro atoms. The Morgan fingerprint density at radius 2 is 1.48 bits per heavy atom. The van der Waals surface area contributed by atoms with Gasteiger partial charge in [-0.05, 0) is 88.0 Å². The predicted molar refractivity (Wildman–Crippen MR) is 255 cm³/mol. The van der Waals surface area contributed by atoms with E-state index in [1.54, 1.807) is 0 Å². The Morgan fingerprint density at radius 3 is 1.87 bits per heavy atom. The van der Waals surface area contributed by atoms with E-state index in [0.717, 1.165) is 50.5 Å². The molecule has 1 aromatic carbocycles. The number of carbonyl (C=O) groups excluding carboxylic acids is 2. The van der Waals surface area contributed by atoms with Crippen LogP contribution in [0.2, 0.25) is 0 Å². The molecule has 1 aliphatic rings. The maximum Gasteiger partial charge on any atom is 0.210 e. The lowest BCUT2D eigenvalue weighted by molar-refractivity contribution is -0.118. The normalized spacial score (nSPS) is 16.2. The Morgan fingerprint density at radius 1 is 0.967 bits per heavy atom. The molecule has 342 valence electrons. The Kier molecular flexibility index (Phi) is 40.9. The van der Waals surface area contributed by atoms with Crippen LogP contribution in [0.5, 0.6) is 0 Å². The number of benzene rings is 1. The number of hydrogen-bond donors (Lipinski definition) is 3. The van der Waals surface area contributed by atoms with Gasteiger partial charge in [0.25, 0.3) is 0 Å². The van der Waals surface area contributed by atoms with Crippen molar-refractivity contribution in [3.8, 4) is 12.3 Å². The number of rotatable bonds is 23. The first-order valence-corrected chi connectivity index (χ1v) is 22.9. The zero-order valence-corrected chi connectivity index (χ0v) is 39.8. The van der Waals surface area contributed by atoms with Crippen molar-refractivity contribution >= 4 is 23.8 Å². The zero-order valence-electron chi connectivity index (χ0n) is 39.8. The maximum atomic E-state index is 13.4. The Hall–Kier alpha value is -3.83. The van der Waals surface area contributed by atoms with Gasteiger partial charge in [-0.1, -0.05) is 149 Å². The number of ether oxygens (including phenoxy) is 1. The molecule has 1 heterocycles. The zero-order chi connectivity index (χ0) is 46.2. The van der Waals surface area contributed by atoms with E-state index in [9.17, 15) is 9.18 Å². The lowest BCUT2D eigenvalue weighted by atomic mass is 10.0. The summed E-state index contributed by atoms with van der Waals surface area (Å²) in [7, 11) is 0. The van der Waals surface area contributed by atoms with E-state index in [1.165, 1.54) is 94.3 Å². The number of terminal acetylenes is 1. The van der Waals surface area contributed by atoms with Crippen LogP contribution in [0, 0.1) is 18.3 Å². The first kappa shape index (κ1) is 60.5. The van der Waals surface area contributed by atoms with Gasteiger partial charge in [-0.25, -0.2) is 9.79 Å². The van der Waals surface area contributed by atoms with Crippen LogP contribution >= 0.6 is 0 Å². The van der Waals surface area contributed by atoms with Crippen LogP contribution < -0.4 is 5.73 Å². The number of nitrogens with two attached hydrogens (primary N) is 1. The Bertz CT molecular complexity index is 1450. The van der Waals surface area contributed by atoms with Crippen molar-refractivity contribution < 1.29 is 28.9 Å². The molecule has 0 aliphatic carbocycles. The average molecular weight is 840 g/mol. The fraction of sp³-hybridized carbons (Fsp3) is 0.667. The summed E-state index contributed by atoms with van der Waals surface area (Å²) < 4.78 is 18.8. The van der Waals surface area contributed by atoms with Crippen molar-refractivity contribution in [1.82, 2.24) is 0 Å². The van der Waals surface area contributed by atoms with Crippen molar-refractivity contribution in [1.29, 1.82) is 0 Å². The molecule has 60 heavy (non-hydrogen) atoms. The highest BCUT2D eigenvalue weighted by Crippen LogP contribution is 2.28. The summed E-state index contributed by atoms with van der Waals surface area (Å²) in [4.78, 5) is 29.2. The van der Waals surface area contributed by atoms with Gasteiger partial charge >= 0.3 is 0 Å². The average Bonchev–Trinajstić information content (AvgIpc) is 3.64. The van der Waals surface area contributed by atoms with E-state index in [2.05, 4.69) is 67.9 Å². The second kappa shape index (κ2) is 40.6. The number of unbranched alkanes of at least 4 members (excludes halogenated alkanes) is 11. The molecule has 1 aromatic rings. The molecule has 3 atom stereocenters. The highest BCUT2D eigenvalue weighted by molar-refractivity contribution is 5.99. The van der Waals surface area contributed by atoms with Gasteiger partial charge in [-0.3, -0.25) is 9.79 Å². The highest BCUT2D eigenvalue weighted by Gasteiger charge is 2.36. The summed E-state index contributed by atoms with van der Waals surface area (Å²) in [6.45, 7) is 21.5. The summed E-state index contributed by atoms with van der Waals surface area (Å²) >= 11 is 0. The minimum Gasteiger partial charge on any atom is -0.502 e. The number of aliphatic hydroxyl groups excluding tert-OH is 2. The van der Waals surface area contributed by atoms with Crippen LogP contribution in [0.4, 0.5) is 4.39 Å². The van der Waals surface area contributed by atoms with Crippen LogP contribution in [0.25, 0.3) is 0 Å². The van der Waals surface area contributed by atoms with Gasteiger partial charge in [0.2, 0.25) is 5.95 Å². The molecular formula is C51H86FN3O5. The molecule has 4 N–H and O–H groups in total. The Balaban J connectivity index is -0.000000796. The summed E-state index contributed by atoms with van der Waals surface area (Å²) in [5, 5.41) is 16.7. The minimum absolute atomic E-state index is 0.0617. The number of amidine groups is 1. The van der Waals surface area contributed by atoms with Gasteiger partial charge < -0.3 is 20.7 Å².